The van der Waals surface area contributed by atoms with Gasteiger partial charge in [0.05, 0.1) is 16.4 Å². The van der Waals surface area contributed by atoms with E-state index in [-0.39, 0.29) is 33.6 Å². The van der Waals surface area contributed by atoms with Gasteiger partial charge in [0.1, 0.15) is 5.69 Å². The Kier molecular flexibility index (Phi) is 5.97. The van der Waals surface area contributed by atoms with Crippen LogP contribution in [0, 0.1) is 0 Å². The first-order chi connectivity index (χ1) is 14.1. The van der Waals surface area contributed by atoms with E-state index in [2.05, 4.69) is 15.4 Å². The maximum Gasteiger partial charge on any atom is 0.435 e. The second-order valence-corrected chi connectivity index (χ2v) is 6.61. The Hall–Kier alpha value is -3.15. The minimum absolute atomic E-state index is 0.0174. The van der Waals surface area contributed by atoms with E-state index < -0.39 is 23.5 Å². The fourth-order valence-electron chi connectivity index (χ4n) is 2.44. The molecule has 8 nitrogen and oxygen atoms in total. The largest absolute Gasteiger partial charge is 0.435 e. The van der Waals surface area contributed by atoms with Crippen molar-refractivity contribution in [1.82, 2.24) is 14.8 Å². The molecule has 3 N–H and O–H groups in total. The molecule has 0 radical (unpaired) electrons. The molecule has 0 aliphatic carbocycles. The molecule has 30 heavy (non-hydrogen) atoms. The Balaban J connectivity index is 2.08. The number of halogens is 5. The highest BCUT2D eigenvalue weighted by Crippen LogP contribution is 2.32. The number of hydrogen-bond donors (Lipinski definition) is 2. The zero-order valence-corrected chi connectivity index (χ0v) is 16.2. The summed E-state index contributed by atoms with van der Waals surface area (Å²) in [6, 6.07) is 7.42. The van der Waals surface area contributed by atoms with Gasteiger partial charge in [-0.25, -0.2) is 20.5 Å². The molecule has 1 aromatic carbocycles. The molecule has 13 heteroatoms. The first-order valence-electron chi connectivity index (χ1n) is 8.00. The van der Waals surface area contributed by atoms with Gasteiger partial charge in [-0.2, -0.15) is 18.3 Å². The monoisotopic (exact) mass is 458 g/mol. The van der Waals surface area contributed by atoms with Crippen LogP contribution in [0.2, 0.25) is 10.0 Å². The van der Waals surface area contributed by atoms with Crippen molar-refractivity contribution in [3.05, 3.63) is 64.0 Å². The summed E-state index contributed by atoms with van der Waals surface area (Å²) >= 11 is 11.9. The first-order valence-corrected chi connectivity index (χ1v) is 8.75. The summed E-state index contributed by atoms with van der Waals surface area (Å²) in [4.78, 5) is 27.7. The van der Waals surface area contributed by atoms with E-state index in [0.717, 1.165) is 0 Å². The van der Waals surface area contributed by atoms with E-state index in [4.69, 9.17) is 29.0 Å². The van der Waals surface area contributed by atoms with E-state index >= 15 is 0 Å². The van der Waals surface area contributed by atoms with Gasteiger partial charge in [0, 0.05) is 17.3 Å². The maximum atomic E-state index is 13.2. The Labute approximate surface area is 177 Å². The van der Waals surface area contributed by atoms with Gasteiger partial charge in [-0.05, 0) is 30.3 Å². The molecule has 0 aliphatic rings. The van der Waals surface area contributed by atoms with Crippen molar-refractivity contribution < 1.29 is 22.8 Å². The van der Waals surface area contributed by atoms with Crippen LogP contribution in [0.3, 0.4) is 0 Å². The molecule has 2 heterocycles. The molecule has 0 saturated carbocycles. The highest BCUT2D eigenvalue weighted by Gasteiger charge is 2.36. The Morgan fingerprint density at radius 2 is 1.97 bits per heavy atom. The van der Waals surface area contributed by atoms with Crippen molar-refractivity contribution >= 4 is 46.9 Å². The second-order valence-electron chi connectivity index (χ2n) is 5.76. The number of rotatable bonds is 5. The molecule has 0 bridgehead atoms. The van der Waals surface area contributed by atoms with Gasteiger partial charge < -0.3 is 5.32 Å². The van der Waals surface area contributed by atoms with E-state index in [9.17, 15) is 22.8 Å². The fourth-order valence-corrected chi connectivity index (χ4v) is 2.81. The molecule has 0 atom stereocenters. The summed E-state index contributed by atoms with van der Waals surface area (Å²) in [5.74, 6) is 4.38. The number of carbonyl (C=O) groups excluding carboxylic acids is 2. The number of hydrogen-bond acceptors (Lipinski definition) is 5. The van der Waals surface area contributed by atoms with Crippen molar-refractivity contribution in [3.8, 4) is 5.82 Å². The lowest BCUT2D eigenvalue weighted by Gasteiger charge is -2.16. The van der Waals surface area contributed by atoms with Crippen LogP contribution >= 0.6 is 23.2 Å². The third kappa shape index (κ3) is 4.37. The van der Waals surface area contributed by atoms with Gasteiger partial charge in [0.25, 0.3) is 5.91 Å². The molecule has 2 amide bonds. The van der Waals surface area contributed by atoms with E-state index in [0.29, 0.717) is 15.8 Å². The normalized spacial score (nSPS) is 11.3. The number of pyridine rings is 1. The van der Waals surface area contributed by atoms with E-state index in [1.165, 1.54) is 36.5 Å². The number of amides is 2. The number of nitrogens with two attached hydrogens (primary N) is 1. The van der Waals surface area contributed by atoms with Crippen LogP contribution in [0.5, 0.6) is 0 Å². The predicted octanol–water partition coefficient (Wildman–Crippen LogP) is 3.68. The molecule has 3 rings (SSSR count). The lowest BCUT2D eigenvalue weighted by molar-refractivity contribution is -0.141. The first kappa shape index (κ1) is 21.6. The number of hydrazine groups is 1. The molecule has 0 saturated heterocycles. The van der Waals surface area contributed by atoms with Gasteiger partial charge in [0.15, 0.2) is 11.5 Å². The average molecular weight is 459 g/mol. The van der Waals surface area contributed by atoms with E-state index in [1.807, 2.05) is 0 Å². The van der Waals surface area contributed by atoms with Crippen molar-refractivity contribution in [3.63, 3.8) is 0 Å². The standard InChI is InChI=1S/C17H11Cl2F3N6O2/c18-9-3-4-11(12(6-9)27(23)8-29)25-16(30)13-7-14(17(20,21)22)26-28(13)15-10(19)2-1-5-24-15/h1-8H,23H2,(H,25,30). The van der Waals surface area contributed by atoms with Gasteiger partial charge in [-0.15, -0.1) is 0 Å². The number of aromatic nitrogens is 3. The molecule has 0 unspecified atom stereocenters. The number of nitrogens with one attached hydrogen (secondary N) is 1. The topological polar surface area (TPSA) is 106 Å². The Bertz CT molecular complexity index is 1120. The SMILES string of the molecule is NN(C=O)c1cc(Cl)ccc1NC(=O)c1cc(C(F)(F)F)nn1-c1ncccc1Cl. The summed E-state index contributed by atoms with van der Waals surface area (Å²) in [6.07, 6.45) is -3.27. The number of anilines is 2. The number of carbonyl (C=O) groups is 2. The average Bonchev–Trinajstić information content (AvgIpc) is 3.15. The fraction of sp³-hybridized carbons (Fsp3) is 0.0588. The van der Waals surface area contributed by atoms with Gasteiger partial charge in [-0.3, -0.25) is 9.59 Å². The molecule has 3 aromatic rings. The highest BCUT2D eigenvalue weighted by molar-refractivity contribution is 6.32. The zero-order chi connectivity index (χ0) is 22.1. The smallest absolute Gasteiger partial charge is 0.319 e. The summed E-state index contributed by atoms with van der Waals surface area (Å²) in [5.41, 5.74) is -1.78. The van der Waals surface area contributed by atoms with E-state index in [1.54, 1.807) is 0 Å². The van der Waals surface area contributed by atoms with Gasteiger partial charge >= 0.3 is 6.18 Å². The number of nitrogens with zero attached hydrogens (tertiary/aromatic N) is 4. The van der Waals surface area contributed by atoms with Crippen molar-refractivity contribution in [2.45, 2.75) is 6.18 Å². The van der Waals surface area contributed by atoms with Crippen LogP contribution < -0.4 is 16.2 Å². The molecular formula is C17H11Cl2F3N6O2. The summed E-state index contributed by atoms with van der Waals surface area (Å²) in [6.45, 7) is 0. The van der Waals surface area contributed by atoms with Crippen LogP contribution in [0.25, 0.3) is 5.82 Å². The predicted molar refractivity (Wildman–Crippen MR) is 104 cm³/mol. The van der Waals surface area contributed by atoms with Gasteiger partial charge in [-0.1, -0.05) is 23.2 Å². The zero-order valence-electron chi connectivity index (χ0n) is 14.7. The summed E-state index contributed by atoms with van der Waals surface area (Å²) < 4.78 is 40.3. The Morgan fingerprint density at radius 1 is 1.23 bits per heavy atom. The van der Waals surface area contributed by atoms with Crippen molar-refractivity contribution in [2.24, 2.45) is 5.84 Å². The summed E-state index contributed by atoms with van der Waals surface area (Å²) in [7, 11) is 0. The third-order valence-corrected chi connectivity index (χ3v) is 4.30. The second kappa shape index (κ2) is 8.30. The number of alkyl halides is 3. The minimum Gasteiger partial charge on any atom is -0.319 e. The highest BCUT2D eigenvalue weighted by atomic mass is 35.5. The van der Waals surface area contributed by atoms with Crippen LogP contribution in [-0.4, -0.2) is 27.1 Å². The van der Waals surface area contributed by atoms with Gasteiger partial charge in [0.2, 0.25) is 6.41 Å². The molecule has 0 spiro atoms. The van der Waals surface area contributed by atoms with Crippen LogP contribution in [-0.2, 0) is 11.0 Å². The van der Waals surface area contributed by atoms with Crippen LogP contribution in [0.4, 0.5) is 24.5 Å². The van der Waals surface area contributed by atoms with Crippen LogP contribution in [0.1, 0.15) is 16.2 Å². The van der Waals surface area contributed by atoms with Crippen LogP contribution in [0.15, 0.2) is 42.6 Å². The minimum atomic E-state index is -4.82. The lowest BCUT2D eigenvalue weighted by atomic mass is 10.2. The quantitative estimate of drug-likeness (QED) is 0.262. The lowest BCUT2D eigenvalue weighted by Crippen LogP contribution is -2.30. The number of benzene rings is 1. The molecule has 0 aliphatic heterocycles. The molecule has 156 valence electrons. The summed E-state index contributed by atoms with van der Waals surface area (Å²) in [5, 5.41) is 6.66. The third-order valence-electron chi connectivity index (χ3n) is 3.77. The molecular weight excluding hydrogens is 448 g/mol. The molecule has 2 aromatic heterocycles. The Morgan fingerprint density at radius 3 is 2.60 bits per heavy atom. The molecule has 0 fully saturated rings. The maximum absolute atomic E-state index is 13.2. The van der Waals surface area contributed by atoms with Crippen molar-refractivity contribution in [2.75, 3.05) is 10.3 Å². The van der Waals surface area contributed by atoms with Crippen molar-refractivity contribution in [1.29, 1.82) is 0 Å².